The van der Waals surface area contributed by atoms with Crippen LogP contribution in [0.2, 0.25) is 0 Å². The molecule has 0 atom stereocenters. The van der Waals surface area contributed by atoms with Gasteiger partial charge in [-0.05, 0) is 26.7 Å². The smallest absolute Gasteiger partial charge is 0.303 e. The van der Waals surface area contributed by atoms with Crippen molar-refractivity contribution in [2.24, 2.45) is 0 Å². The molecule has 0 spiro atoms. The Labute approximate surface area is 106 Å². The Morgan fingerprint density at radius 3 is 2.28 bits per heavy atom. The van der Waals surface area contributed by atoms with Crippen LogP contribution in [0.5, 0.6) is 0 Å². The van der Waals surface area contributed by atoms with Gasteiger partial charge in [0.1, 0.15) is 0 Å². The van der Waals surface area contributed by atoms with Gasteiger partial charge in [-0.25, -0.2) is 12.7 Å². The predicted octanol–water partition coefficient (Wildman–Crippen LogP) is 1.10. The first-order valence-electron chi connectivity index (χ1n) is 5.75. The van der Waals surface area contributed by atoms with Gasteiger partial charge in [0.25, 0.3) is 15.9 Å². The number of hydrogen-bond acceptors (Lipinski definition) is 4. The number of carbonyl (C=O) groups is 2. The first kappa shape index (κ1) is 14.7. The van der Waals surface area contributed by atoms with Crippen LogP contribution in [0, 0.1) is 0 Å². The van der Waals surface area contributed by atoms with Gasteiger partial charge in [0.05, 0.1) is 4.91 Å². The molecule has 1 amide bonds. The summed E-state index contributed by atoms with van der Waals surface area (Å²) in [7, 11) is -3.62. The van der Waals surface area contributed by atoms with E-state index in [0.717, 1.165) is 4.31 Å². The molecule has 6 nitrogen and oxygen atoms in total. The number of carbonyl (C=O) groups excluding carboxylic acids is 1. The lowest BCUT2D eigenvalue weighted by Crippen LogP contribution is -2.32. The third-order valence-electron chi connectivity index (χ3n) is 3.00. The van der Waals surface area contributed by atoms with Gasteiger partial charge in [-0.1, -0.05) is 6.42 Å². The van der Waals surface area contributed by atoms with Gasteiger partial charge in [0.15, 0.2) is 0 Å². The van der Waals surface area contributed by atoms with Gasteiger partial charge in [0, 0.05) is 18.5 Å². The topological polar surface area (TPSA) is 91.8 Å². The Kier molecular flexibility index (Phi) is 4.50. The molecule has 1 aliphatic rings. The number of unbranched alkanes of at least 4 members (excludes halogenated alkanes) is 2. The zero-order valence-corrected chi connectivity index (χ0v) is 11.3. The van der Waals surface area contributed by atoms with Crippen LogP contribution in [0.15, 0.2) is 10.5 Å². The number of hydrogen-bond donors (Lipinski definition) is 1. The van der Waals surface area contributed by atoms with Crippen molar-refractivity contribution in [3.8, 4) is 0 Å². The summed E-state index contributed by atoms with van der Waals surface area (Å²) in [6.45, 7) is 3.04. The van der Waals surface area contributed by atoms with Gasteiger partial charge < -0.3 is 5.11 Å². The molecule has 0 bridgehead atoms. The second-order valence-corrected chi connectivity index (χ2v) is 6.27. The summed E-state index contributed by atoms with van der Waals surface area (Å²) >= 11 is 0. The normalized spacial score (nSPS) is 18.6. The van der Waals surface area contributed by atoms with Crippen LogP contribution in [-0.2, 0) is 19.6 Å². The number of nitrogens with zero attached hydrogens (tertiary/aromatic N) is 1. The largest absolute Gasteiger partial charge is 0.481 e. The molecule has 0 fully saturated rings. The highest BCUT2D eigenvalue weighted by atomic mass is 32.2. The number of aliphatic carboxylic acids is 1. The number of carboxylic acid groups (broad SMARTS) is 1. The second kappa shape index (κ2) is 5.51. The fourth-order valence-electron chi connectivity index (χ4n) is 1.74. The van der Waals surface area contributed by atoms with Crippen molar-refractivity contribution in [1.82, 2.24) is 4.31 Å². The van der Waals surface area contributed by atoms with E-state index >= 15 is 0 Å². The highest BCUT2D eigenvalue weighted by molar-refractivity contribution is 7.94. The molecular weight excluding hydrogens is 258 g/mol. The Balaban J connectivity index is 2.50. The summed E-state index contributed by atoms with van der Waals surface area (Å²) in [6, 6.07) is 0. The van der Waals surface area contributed by atoms with E-state index in [2.05, 4.69) is 0 Å². The van der Waals surface area contributed by atoms with Gasteiger partial charge in [-0.15, -0.1) is 0 Å². The summed E-state index contributed by atoms with van der Waals surface area (Å²) in [4.78, 5) is 22.1. The van der Waals surface area contributed by atoms with E-state index in [9.17, 15) is 18.0 Å². The van der Waals surface area contributed by atoms with Crippen LogP contribution < -0.4 is 0 Å². The number of carboxylic acids is 1. The maximum atomic E-state index is 11.8. The lowest BCUT2D eigenvalue weighted by atomic mass is 10.2. The first-order chi connectivity index (χ1) is 8.28. The summed E-state index contributed by atoms with van der Waals surface area (Å²) in [5, 5.41) is 8.45. The first-order valence-corrected chi connectivity index (χ1v) is 7.19. The van der Waals surface area contributed by atoms with Crippen LogP contribution in [-0.4, -0.2) is 36.3 Å². The molecule has 1 aliphatic heterocycles. The average molecular weight is 275 g/mol. The molecular formula is C11H17NO5S. The van der Waals surface area contributed by atoms with E-state index in [4.69, 9.17) is 5.11 Å². The molecule has 0 aliphatic carbocycles. The SMILES string of the molecule is CC1=C(C)S(=O)(=O)N(CCCCCC(=O)O)C1=O. The van der Waals surface area contributed by atoms with Crippen molar-refractivity contribution >= 4 is 21.9 Å². The number of rotatable bonds is 6. The Morgan fingerprint density at radius 2 is 1.83 bits per heavy atom. The molecule has 0 unspecified atom stereocenters. The Bertz CT molecular complexity index is 492. The van der Waals surface area contributed by atoms with Gasteiger partial charge in [-0.3, -0.25) is 9.59 Å². The monoisotopic (exact) mass is 275 g/mol. The molecule has 18 heavy (non-hydrogen) atoms. The van der Waals surface area contributed by atoms with Crippen LogP contribution in [0.1, 0.15) is 39.5 Å². The third kappa shape index (κ3) is 2.90. The quantitative estimate of drug-likeness (QED) is 0.733. The van der Waals surface area contributed by atoms with E-state index in [1.165, 1.54) is 13.8 Å². The van der Waals surface area contributed by atoms with E-state index in [0.29, 0.717) is 19.3 Å². The molecule has 0 saturated carbocycles. The maximum absolute atomic E-state index is 11.8. The van der Waals surface area contributed by atoms with Crippen molar-refractivity contribution < 1.29 is 23.1 Å². The predicted molar refractivity (Wildman–Crippen MR) is 65.1 cm³/mol. The standard InChI is InChI=1S/C11H17NO5S/c1-8-9(2)18(16,17)12(11(8)15)7-5-3-4-6-10(13)14/h3-7H2,1-2H3,(H,13,14). The van der Waals surface area contributed by atoms with Crippen LogP contribution in [0.25, 0.3) is 0 Å². The third-order valence-corrected chi connectivity index (χ3v) is 5.01. The van der Waals surface area contributed by atoms with Crippen molar-refractivity contribution in [1.29, 1.82) is 0 Å². The summed E-state index contributed by atoms with van der Waals surface area (Å²) in [6.07, 6.45) is 1.63. The van der Waals surface area contributed by atoms with Crippen LogP contribution in [0.3, 0.4) is 0 Å². The Morgan fingerprint density at radius 1 is 1.22 bits per heavy atom. The van der Waals surface area contributed by atoms with Crippen molar-refractivity contribution in [2.45, 2.75) is 39.5 Å². The average Bonchev–Trinajstić information content (AvgIpc) is 2.42. The van der Waals surface area contributed by atoms with Crippen LogP contribution in [0.4, 0.5) is 0 Å². The summed E-state index contributed by atoms with van der Waals surface area (Å²) < 4.78 is 24.6. The fourth-order valence-corrected chi connectivity index (χ4v) is 3.27. The highest BCUT2D eigenvalue weighted by Crippen LogP contribution is 2.27. The van der Waals surface area contributed by atoms with E-state index in [-0.39, 0.29) is 23.4 Å². The minimum atomic E-state index is -3.62. The zero-order chi connectivity index (χ0) is 13.9. The van der Waals surface area contributed by atoms with E-state index < -0.39 is 21.9 Å². The molecule has 0 aromatic heterocycles. The molecule has 0 aromatic rings. The number of allylic oxidation sites excluding steroid dienone is 1. The lowest BCUT2D eigenvalue weighted by molar-refractivity contribution is -0.137. The molecule has 1 rings (SSSR count). The van der Waals surface area contributed by atoms with Gasteiger partial charge >= 0.3 is 5.97 Å². The minimum absolute atomic E-state index is 0.0665. The second-order valence-electron chi connectivity index (χ2n) is 4.27. The molecule has 0 radical (unpaired) electrons. The van der Waals surface area contributed by atoms with Crippen LogP contribution >= 0.6 is 0 Å². The van der Waals surface area contributed by atoms with E-state index in [1.54, 1.807) is 0 Å². The Hall–Kier alpha value is -1.37. The maximum Gasteiger partial charge on any atom is 0.303 e. The molecule has 0 aromatic carbocycles. The van der Waals surface area contributed by atoms with Crippen molar-refractivity contribution in [3.05, 3.63) is 10.5 Å². The van der Waals surface area contributed by atoms with Crippen molar-refractivity contribution in [2.75, 3.05) is 6.54 Å². The summed E-state index contributed by atoms with van der Waals surface area (Å²) in [5.41, 5.74) is 0.264. The van der Waals surface area contributed by atoms with Crippen molar-refractivity contribution in [3.63, 3.8) is 0 Å². The molecule has 1 N–H and O–H groups in total. The minimum Gasteiger partial charge on any atom is -0.481 e. The summed E-state index contributed by atoms with van der Waals surface area (Å²) in [5.74, 6) is -1.33. The molecule has 7 heteroatoms. The number of amides is 1. The fraction of sp³-hybridized carbons (Fsp3) is 0.636. The molecule has 102 valence electrons. The van der Waals surface area contributed by atoms with Gasteiger partial charge in [-0.2, -0.15) is 0 Å². The van der Waals surface area contributed by atoms with E-state index in [1.807, 2.05) is 0 Å². The zero-order valence-electron chi connectivity index (χ0n) is 10.5. The highest BCUT2D eigenvalue weighted by Gasteiger charge is 2.38. The van der Waals surface area contributed by atoms with Gasteiger partial charge in [0.2, 0.25) is 0 Å². The lowest BCUT2D eigenvalue weighted by Gasteiger charge is -2.15. The number of sulfonamides is 1. The molecule has 1 heterocycles. The molecule has 0 saturated heterocycles.